The van der Waals surface area contributed by atoms with Gasteiger partial charge in [-0.05, 0) is 43.9 Å². The number of pyridine rings is 1. The molecule has 0 spiro atoms. The van der Waals surface area contributed by atoms with Crippen LogP contribution in [0.25, 0.3) is 10.4 Å². The number of amides is 2. The van der Waals surface area contributed by atoms with Crippen molar-refractivity contribution in [3.8, 4) is 21.3 Å². The molecule has 3 rings (SSSR count). The zero-order valence-corrected chi connectivity index (χ0v) is 19.9. The molecule has 2 aromatic heterocycles. The smallest absolute Gasteiger partial charge is 0.410 e. The second-order valence-corrected chi connectivity index (χ2v) is 8.55. The van der Waals surface area contributed by atoms with Gasteiger partial charge in [0, 0.05) is 29.1 Å². The Bertz CT molecular complexity index is 1250. The fraction of sp³-hybridized carbons (Fsp3) is 0.227. The zero-order valence-electron chi connectivity index (χ0n) is 19.1. The van der Waals surface area contributed by atoms with Gasteiger partial charge in [0.15, 0.2) is 5.06 Å². The maximum absolute atomic E-state index is 13.3. The van der Waals surface area contributed by atoms with Crippen LogP contribution in [0.4, 0.5) is 25.1 Å². The fourth-order valence-electron chi connectivity index (χ4n) is 3.15. The lowest BCUT2D eigenvalue weighted by Gasteiger charge is -2.14. The van der Waals surface area contributed by atoms with E-state index in [0.717, 1.165) is 11.3 Å². The normalized spacial score (nSPS) is 10.9. The molecule has 0 radical (unpaired) electrons. The number of anilines is 1. The lowest BCUT2D eigenvalue weighted by molar-refractivity contribution is -0.384. The van der Waals surface area contributed by atoms with Crippen LogP contribution in [0.3, 0.4) is 0 Å². The molecule has 0 aliphatic heterocycles. The van der Waals surface area contributed by atoms with Gasteiger partial charge in [-0.3, -0.25) is 14.9 Å². The van der Waals surface area contributed by atoms with E-state index in [9.17, 15) is 28.5 Å². The molecule has 2 heterocycles. The van der Waals surface area contributed by atoms with Gasteiger partial charge in [0.05, 0.1) is 16.7 Å². The van der Waals surface area contributed by atoms with Crippen LogP contribution in [0, 0.1) is 10.1 Å². The minimum atomic E-state index is -2.65. The van der Waals surface area contributed by atoms with Gasteiger partial charge in [-0.15, -0.1) is 0 Å². The zero-order chi connectivity index (χ0) is 26.4. The Morgan fingerprint density at radius 3 is 2.44 bits per heavy atom. The number of hydrogen-bond acceptors (Lipinski definition) is 9. The molecule has 0 fully saturated rings. The van der Waals surface area contributed by atoms with Crippen molar-refractivity contribution < 1.29 is 32.8 Å². The molecular formula is C22H21F2N5O6S. The molecule has 3 N–H and O–H groups in total. The Balaban J connectivity index is 1.99. The fourth-order valence-corrected chi connectivity index (χ4v) is 4.32. The number of non-ortho nitro benzene ring substituents is 1. The van der Waals surface area contributed by atoms with E-state index in [0.29, 0.717) is 16.0 Å². The molecule has 0 aliphatic carbocycles. The van der Waals surface area contributed by atoms with Crippen LogP contribution in [0.5, 0.6) is 10.8 Å². The number of rotatable bonds is 10. The van der Waals surface area contributed by atoms with Crippen molar-refractivity contribution in [2.24, 2.45) is 5.73 Å². The van der Waals surface area contributed by atoms with Crippen molar-refractivity contribution in [1.82, 2.24) is 9.88 Å². The highest BCUT2D eigenvalue weighted by Gasteiger charge is 2.28. The molecule has 0 bridgehead atoms. The van der Waals surface area contributed by atoms with E-state index in [4.69, 9.17) is 15.2 Å². The number of halogens is 2. The second-order valence-electron chi connectivity index (χ2n) is 7.57. The number of aromatic nitrogens is 1. The molecular weight excluding hydrogens is 500 g/mol. The van der Waals surface area contributed by atoms with Crippen LogP contribution < -0.4 is 20.5 Å². The number of nitrogens with zero attached hydrogens (tertiary/aromatic N) is 3. The molecule has 0 saturated heterocycles. The first-order valence-corrected chi connectivity index (χ1v) is 11.1. The molecule has 0 saturated carbocycles. The van der Waals surface area contributed by atoms with Gasteiger partial charge in [-0.1, -0.05) is 11.3 Å². The van der Waals surface area contributed by atoms with Crippen LogP contribution in [0.15, 0.2) is 42.6 Å². The van der Waals surface area contributed by atoms with Crippen molar-refractivity contribution in [3.05, 3.63) is 63.8 Å². The lowest BCUT2D eigenvalue weighted by atomic mass is 10.0. The van der Waals surface area contributed by atoms with Crippen LogP contribution in [-0.4, -0.2) is 53.9 Å². The third-order valence-corrected chi connectivity index (χ3v) is 5.72. The number of alkyl halides is 2. The predicted molar refractivity (Wildman–Crippen MR) is 128 cm³/mol. The number of benzene rings is 1. The number of nitrogens with two attached hydrogens (primary N) is 1. The lowest BCUT2D eigenvalue weighted by Crippen LogP contribution is -2.21. The second kappa shape index (κ2) is 11.5. The first-order chi connectivity index (χ1) is 17.0. The Kier molecular flexibility index (Phi) is 8.45. The molecule has 190 valence electrons. The third-order valence-electron chi connectivity index (χ3n) is 4.56. The molecule has 3 aromatic rings. The van der Waals surface area contributed by atoms with E-state index < -0.39 is 30.0 Å². The van der Waals surface area contributed by atoms with Crippen molar-refractivity contribution in [2.45, 2.75) is 13.0 Å². The summed E-state index contributed by atoms with van der Waals surface area (Å²) in [5.41, 5.74) is 6.19. The number of ether oxygens (including phenoxy) is 2. The Labute approximate surface area is 207 Å². The van der Waals surface area contributed by atoms with E-state index in [-0.39, 0.29) is 34.4 Å². The number of nitro benzene ring substituents is 1. The molecule has 36 heavy (non-hydrogen) atoms. The van der Waals surface area contributed by atoms with E-state index in [1.807, 2.05) is 0 Å². The summed E-state index contributed by atoms with van der Waals surface area (Å²) >= 11 is 0.983. The monoisotopic (exact) mass is 521 g/mol. The summed E-state index contributed by atoms with van der Waals surface area (Å²) in [4.78, 5) is 41.7. The van der Waals surface area contributed by atoms with Gasteiger partial charge in [0.25, 0.3) is 18.0 Å². The van der Waals surface area contributed by atoms with Gasteiger partial charge in [-0.25, -0.2) is 18.6 Å². The Morgan fingerprint density at radius 1 is 1.22 bits per heavy atom. The van der Waals surface area contributed by atoms with Gasteiger partial charge < -0.3 is 25.4 Å². The maximum Gasteiger partial charge on any atom is 0.410 e. The van der Waals surface area contributed by atoms with E-state index in [1.165, 1.54) is 42.6 Å². The van der Waals surface area contributed by atoms with Gasteiger partial charge in [0.2, 0.25) is 0 Å². The summed E-state index contributed by atoms with van der Waals surface area (Å²) in [6, 6.07) is 8.43. The number of carbonyl (C=O) groups excluding carboxylic acids is 2. The standard InChI is InChI=1S/C22H21F2N5O6S/c1-28(2)10-15-18(20(30)27-17-8-7-14(9-26-17)34-11-16(23)24)21(35-22(25)31)36-19(15)12-3-5-13(6-4-12)29(32)33/h3-9,16H,10-11H2,1-2H3,(H2,25,31)(H,26,27,30). The van der Waals surface area contributed by atoms with Gasteiger partial charge in [-0.2, -0.15) is 0 Å². The predicted octanol–water partition coefficient (Wildman–Crippen LogP) is 4.13. The number of carbonyl (C=O) groups is 2. The molecule has 1 aromatic carbocycles. The largest absolute Gasteiger partial charge is 0.486 e. The maximum atomic E-state index is 13.3. The number of nitro groups is 1. The highest BCUT2D eigenvalue weighted by Crippen LogP contribution is 2.43. The summed E-state index contributed by atoms with van der Waals surface area (Å²) in [6.07, 6.45) is -2.60. The topological polar surface area (TPSA) is 150 Å². The van der Waals surface area contributed by atoms with Crippen molar-refractivity contribution in [3.63, 3.8) is 0 Å². The van der Waals surface area contributed by atoms with E-state index >= 15 is 0 Å². The Hall–Kier alpha value is -4.17. The third kappa shape index (κ3) is 6.70. The number of nitrogens with one attached hydrogen (secondary N) is 1. The quantitative estimate of drug-likeness (QED) is 0.299. The molecule has 0 atom stereocenters. The van der Waals surface area contributed by atoms with Gasteiger partial charge in [0.1, 0.15) is 18.2 Å². The van der Waals surface area contributed by atoms with E-state index in [1.54, 1.807) is 19.0 Å². The summed E-state index contributed by atoms with van der Waals surface area (Å²) < 4.78 is 34.6. The molecule has 0 unspecified atom stereocenters. The number of primary amides is 1. The highest BCUT2D eigenvalue weighted by atomic mass is 32.1. The molecule has 0 aliphatic rings. The van der Waals surface area contributed by atoms with Crippen molar-refractivity contribution >= 4 is 34.8 Å². The SMILES string of the molecule is CN(C)Cc1c(-c2ccc([N+](=O)[O-])cc2)sc(OC(N)=O)c1C(=O)Nc1ccc(OCC(F)F)cn1. The van der Waals surface area contributed by atoms with Crippen LogP contribution in [0.1, 0.15) is 15.9 Å². The summed E-state index contributed by atoms with van der Waals surface area (Å²) in [7, 11) is 3.54. The minimum absolute atomic E-state index is 0.0284. The summed E-state index contributed by atoms with van der Waals surface area (Å²) in [5.74, 6) is -0.482. The van der Waals surface area contributed by atoms with Crippen LogP contribution in [-0.2, 0) is 6.54 Å². The number of thiophene rings is 1. The van der Waals surface area contributed by atoms with Crippen molar-refractivity contribution in [2.75, 3.05) is 26.0 Å². The van der Waals surface area contributed by atoms with Crippen LogP contribution >= 0.6 is 11.3 Å². The number of hydrogen-bond donors (Lipinski definition) is 2. The first kappa shape index (κ1) is 26.4. The average molecular weight is 522 g/mol. The van der Waals surface area contributed by atoms with Gasteiger partial charge >= 0.3 is 6.09 Å². The highest BCUT2D eigenvalue weighted by molar-refractivity contribution is 7.18. The Morgan fingerprint density at radius 2 is 1.92 bits per heavy atom. The molecule has 11 nitrogen and oxygen atoms in total. The van der Waals surface area contributed by atoms with Crippen LogP contribution in [0.2, 0.25) is 0 Å². The minimum Gasteiger partial charge on any atom is -0.486 e. The van der Waals surface area contributed by atoms with E-state index in [2.05, 4.69) is 10.3 Å². The van der Waals surface area contributed by atoms with Crippen molar-refractivity contribution in [1.29, 1.82) is 0 Å². The summed E-state index contributed by atoms with van der Waals surface area (Å²) in [5, 5.41) is 13.5. The summed E-state index contributed by atoms with van der Waals surface area (Å²) in [6.45, 7) is -0.545. The average Bonchev–Trinajstić information content (AvgIpc) is 3.14. The molecule has 14 heteroatoms. The first-order valence-electron chi connectivity index (χ1n) is 10.3. The molecule has 2 amide bonds.